The molecule has 0 spiro atoms. The van der Waals surface area contributed by atoms with Gasteiger partial charge in [-0.1, -0.05) is 19.9 Å². The van der Waals surface area contributed by atoms with Crippen LogP contribution in [0.4, 0.5) is 5.69 Å². The van der Waals surface area contributed by atoms with Crippen molar-refractivity contribution in [3.8, 4) is 0 Å². The number of nitrogens with one attached hydrogen (secondary N) is 2. The van der Waals surface area contributed by atoms with Gasteiger partial charge in [-0.3, -0.25) is 0 Å². The normalized spacial score (nSPS) is 25.9. The fourth-order valence-electron chi connectivity index (χ4n) is 4.38. The number of rotatable bonds is 5. The van der Waals surface area contributed by atoms with Gasteiger partial charge in [0, 0.05) is 50.3 Å². The lowest BCUT2D eigenvalue weighted by Crippen LogP contribution is -2.67. The fraction of sp³-hybridized carbons (Fsp3) is 0.667. The van der Waals surface area contributed by atoms with E-state index >= 15 is 0 Å². The number of hydrogen-bond donors (Lipinski definition) is 2. The maximum atomic E-state index is 5.91. The van der Waals surface area contributed by atoms with Crippen molar-refractivity contribution in [3.05, 3.63) is 29.3 Å². The molecule has 1 aliphatic heterocycles. The lowest BCUT2D eigenvalue weighted by molar-refractivity contribution is -0.106. The molecule has 5 nitrogen and oxygen atoms in total. The quantitative estimate of drug-likeness (QED) is 0.380. The number of aryl methyl sites for hydroxylation is 1. The van der Waals surface area contributed by atoms with Crippen LogP contribution in [0.25, 0.3) is 0 Å². The largest absolute Gasteiger partial charge is 0.378 e. The minimum Gasteiger partial charge on any atom is -0.378 e. The molecule has 1 aromatic carbocycles. The lowest BCUT2D eigenvalue weighted by Gasteiger charge is -2.54. The molecule has 1 heterocycles. The molecule has 0 bridgehead atoms. The van der Waals surface area contributed by atoms with Gasteiger partial charge in [0.05, 0.1) is 12.6 Å². The number of nitrogens with zero attached hydrogens (tertiary/aromatic N) is 2. The number of fused-ring (bicyclic) bond motifs is 1. The summed E-state index contributed by atoms with van der Waals surface area (Å²) < 4.78 is 5.91. The molecule has 3 unspecified atom stereocenters. The summed E-state index contributed by atoms with van der Waals surface area (Å²) in [7, 11) is 4.14. The standard InChI is InChI=1S/C21H34N4O.HI/c1-7-22-20(24-18-17-10-11-26-19(17)21(18,3)4)23-13-15-8-9-16(25(5)6)12-14(15)2;/h8-9,12,17-19H,7,10-11,13H2,1-6H3,(H2,22,23,24);1H. The molecule has 152 valence electrons. The fourth-order valence-corrected chi connectivity index (χ4v) is 4.38. The van der Waals surface area contributed by atoms with E-state index in [1.54, 1.807) is 0 Å². The van der Waals surface area contributed by atoms with Gasteiger partial charge in [-0.15, -0.1) is 24.0 Å². The second kappa shape index (κ2) is 8.99. The average molecular weight is 486 g/mol. The number of aliphatic imine (C=N–C) groups is 1. The van der Waals surface area contributed by atoms with E-state index in [4.69, 9.17) is 9.73 Å². The van der Waals surface area contributed by atoms with Crippen molar-refractivity contribution in [1.29, 1.82) is 0 Å². The van der Waals surface area contributed by atoms with E-state index in [2.05, 4.69) is 75.5 Å². The van der Waals surface area contributed by atoms with E-state index < -0.39 is 0 Å². The van der Waals surface area contributed by atoms with Crippen LogP contribution in [0.1, 0.15) is 38.3 Å². The Morgan fingerprint density at radius 3 is 2.70 bits per heavy atom. The highest BCUT2D eigenvalue weighted by molar-refractivity contribution is 14.0. The first kappa shape index (κ1) is 22.3. The molecule has 2 aliphatic rings. The Balaban J connectivity index is 0.00000261. The Kier molecular flexibility index (Phi) is 7.41. The van der Waals surface area contributed by atoms with Crippen LogP contribution in [0.5, 0.6) is 0 Å². The third-order valence-electron chi connectivity index (χ3n) is 5.99. The van der Waals surface area contributed by atoms with Crippen molar-refractivity contribution in [3.63, 3.8) is 0 Å². The highest BCUT2D eigenvalue weighted by Gasteiger charge is 2.59. The molecule has 2 fully saturated rings. The third-order valence-corrected chi connectivity index (χ3v) is 5.99. The first-order valence-corrected chi connectivity index (χ1v) is 9.78. The number of guanidine groups is 1. The van der Waals surface area contributed by atoms with E-state index in [0.29, 0.717) is 24.6 Å². The molecule has 6 heteroatoms. The Hall–Kier alpha value is -1.02. The number of ether oxygens (including phenoxy) is 1. The summed E-state index contributed by atoms with van der Waals surface area (Å²) in [4.78, 5) is 6.99. The predicted molar refractivity (Wildman–Crippen MR) is 124 cm³/mol. The molecule has 3 atom stereocenters. The van der Waals surface area contributed by atoms with Gasteiger partial charge in [0.25, 0.3) is 0 Å². The summed E-state index contributed by atoms with van der Waals surface area (Å²) in [6.45, 7) is 11.3. The maximum Gasteiger partial charge on any atom is 0.191 e. The smallest absolute Gasteiger partial charge is 0.191 e. The van der Waals surface area contributed by atoms with E-state index in [1.165, 1.54) is 16.8 Å². The van der Waals surface area contributed by atoms with Crippen LogP contribution in [0.15, 0.2) is 23.2 Å². The van der Waals surface area contributed by atoms with E-state index in [9.17, 15) is 0 Å². The highest BCUT2D eigenvalue weighted by atomic mass is 127. The zero-order chi connectivity index (χ0) is 18.9. The van der Waals surface area contributed by atoms with Gasteiger partial charge in [0.2, 0.25) is 0 Å². The van der Waals surface area contributed by atoms with Crippen LogP contribution in [0, 0.1) is 18.3 Å². The number of benzene rings is 1. The van der Waals surface area contributed by atoms with Gasteiger partial charge in [-0.2, -0.15) is 0 Å². The van der Waals surface area contributed by atoms with Gasteiger partial charge in [-0.05, 0) is 43.5 Å². The Labute approximate surface area is 181 Å². The first-order valence-electron chi connectivity index (χ1n) is 9.78. The molecule has 0 radical (unpaired) electrons. The minimum atomic E-state index is 0. The Bertz CT molecular complexity index is 674. The lowest BCUT2D eigenvalue weighted by atomic mass is 9.57. The zero-order valence-corrected chi connectivity index (χ0v) is 19.8. The van der Waals surface area contributed by atoms with E-state index in [1.807, 2.05) is 0 Å². The molecule has 1 saturated carbocycles. The van der Waals surface area contributed by atoms with E-state index in [0.717, 1.165) is 25.5 Å². The van der Waals surface area contributed by atoms with E-state index in [-0.39, 0.29) is 29.4 Å². The summed E-state index contributed by atoms with van der Waals surface area (Å²) in [5.41, 5.74) is 3.93. The minimum absolute atomic E-state index is 0. The number of hydrogen-bond acceptors (Lipinski definition) is 3. The van der Waals surface area contributed by atoms with Crippen molar-refractivity contribution >= 4 is 35.6 Å². The second-order valence-electron chi connectivity index (χ2n) is 8.39. The van der Waals surface area contributed by atoms with Gasteiger partial charge in [0.1, 0.15) is 0 Å². The Morgan fingerprint density at radius 1 is 1.33 bits per heavy atom. The van der Waals surface area contributed by atoms with Crippen molar-refractivity contribution in [2.24, 2.45) is 16.3 Å². The molecular weight excluding hydrogens is 451 g/mol. The van der Waals surface area contributed by atoms with Gasteiger partial charge < -0.3 is 20.3 Å². The molecule has 1 aliphatic carbocycles. The molecular formula is C21H35IN4O. The van der Waals surface area contributed by atoms with Crippen LogP contribution in [-0.4, -0.2) is 45.4 Å². The monoisotopic (exact) mass is 486 g/mol. The van der Waals surface area contributed by atoms with Crippen molar-refractivity contribution < 1.29 is 4.74 Å². The van der Waals surface area contributed by atoms with Gasteiger partial charge >= 0.3 is 0 Å². The van der Waals surface area contributed by atoms with Crippen molar-refractivity contribution in [1.82, 2.24) is 10.6 Å². The molecule has 0 amide bonds. The zero-order valence-electron chi connectivity index (χ0n) is 17.5. The second-order valence-corrected chi connectivity index (χ2v) is 8.39. The molecule has 27 heavy (non-hydrogen) atoms. The van der Waals surface area contributed by atoms with Crippen LogP contribution >= 0.6 is 24.0 Å². The predicted octanol–water partition coefficient (Wildman–Crippen LogP) is 3.55. The molecule has 0 aromatic heterocycles. The van der Waals surface area contributed by atoms with Gasteiger partial charge in [-0.25, -0.2) is 4.99 Å². The van der Waals surface area contributed by atoms with Crippen molar-refractivity contribution in [2.45, 2.75) is 52.8 Å². The average Bonchev–Trinajstić information content (AvgIpc) is 3.05. The highest BCUT2D eigenvalue weighted by Crippen LogP contribution is 2.52. The first-order chi connectivity index (χ1) is 12.3. The molecule has 3 rings (SSSR count). The number of anilines is 1. The molecule has 2 N–H and O–H groups in total. The number of halogens is 1. The maximum absolute atomic E-state index is 5.91. The molecule has 1 aromatic rings. The summed E-state index contributed by atoms with van der Waals surface area (Å²) in [6.07, 6.45) is 1.54. The topological polar surface area (TPSA) is 48.9 Å². The SMILES string of the molecule is CCNC(=NCc1ccc(N(C)C)cc1C)NC1C2CCOC2C1(C)C.I. The summed E-state index contributed by atoms with van der Waals surface area (Å²) in [6, 6.07) is 6.99. The Morgan fingerprint density at radius 2 is 2.07 bits per heavy atom. The summed E-state index contributed by atoms with van der Waals surface area (Å²) in [5.74, 6) is 1.52. The van der Waals surface area contributed by atoms with Crippen LogP contribution < -0.4 is 15.5 Å². The van der Waals surface area contributed by atoms with Crippen LogP contribution in [0.3, 0.4) is 0 Å². The van der Waals surface area contributed by atoms with Crippen LogP contribution in [0.2, 0.25) is 0 Å². The third kappa shape index (κ3) is 4.53. The van der Waals surface area contributed by atoms with Gasteiger partial charge in [0.15, 0.2) is 5.96 Å². The van der Waals surface area contributed by atoms with Crippen molar-refractivity contribution in [2.75, 3.05) is 32.1 Å². The summed E-state index contributed by atoms with van der Waals surface area (Å²) >= 11 is 0. The summed E-state index contributed by atoms with van der Waals surface area (Å²) in [5, 5.41) is 7.09. The van der Waals surface area contributed by atoms with Crippen LogP contribution in [-0.2, 0) is 11.3 Å². The molecule has 1 saturated heterocycles.